The Balaban J connectivity index is 0.00000625. The Morgan fingerprint density at radius 1 is 1.23 bits per heavy atom. The number of aromatic nitrogens is 1. The van der Waals surface area contributed by atoms with Gasteiger partial charge in [-0.15, -0.1) is 35.3 Å². The van der Waals surface area contributed by atoms with Crippen molar-refractivity contribution in [3.05, 3.63) is 16.1 Å². The van der Waals surface area contributed by atoms with E-state index in [-0.39, 0.29) is 29.4 Å². The zero-order valence-corrected chi connectivity index (χ0v) is 19.9. The molecule has 1 heterocycles. The monoisotopic (exact) mass is 498 g/mol. The van der Waals surface area contributed by atoms with E-state index in [1.807, 2.05) is 0 Å². The smallest absolute Gasteiger partial charge is 0.191 e. The molecule has 0 unspecified atom stereocenters. The van der Waals surface area contributed by atoms with E-state index >= 15 is 0 Å². The molecule has 0 atom stereocenters. The van der Waals surface area contributed by atoms with Gasteiger partial charge in [-0.05, 0) is 13.3 Å². The number of nitrogens with one attached hydrogen (secondary N) is 2. The highest BCUT2D eigenvalue weighted by molar-refractivity contribution is 14.0. The minimum atomic E-state index is 0. The van der Waals surface area contributed by atoms with E-state index < -0.39 is 0 Å². The summed E-state index contributed by atoms with van der Waals surface area (Å²) in [6, 6.07) is 0. The van der Waals surface area contributed by atoms with Crippen molar-refractivity contribution in [2.45, 2.75) is 46.0 Å². The van der Waals surface area contributed by atoms with Crippen molar-refractivity contribution < 1.29 is 9.47 Å². The van der Waals surface area contributed by atoms with Crippen molar-refractivity contribution in [2.24, 2.45) is 4.99 Å². The first kappa shape index (κ1) is 25.6. The van der Waals surface area contributed by atoms with E-state index in [0.717, 1.165) is 38.4 Å². The first-order valence-corrected chi connectivity index (χ1v) is 9.89. The number of rotatable bonds is 11. The highest BCUT2D eigenvalue weighted by atomic mass is 127. The van der Waals surface area contributed by atoms with Crippen LogP contribution >= 0.6 is 35.3 Å². The van der Waals surface area contributed by atoms with Gasteiger partial charge in [0.1, 0.15) is 0 Å². The predicted octanol–water partition coefficient (Wildman–Crippen LogP) is 3.21. The number of hydrogen-bond acceptors (Lipinski definition) is 5. The Morgan fingerprint density at radius 2 is 2.00 bits per heavy atom. The highest BCUT2D eigenvalue weighted by Crippen LogP contribution is 2.23. The van der Waals surface area contributed by atoms with Crippen LogP contribution in [0, 0.1) is 0 Å². The molecule has 152 valence electrons. The average Bonchev–Trinajstić information content (AvgIpc) is 3.03. The van der Waals surface area contributed by atoms with Crippen molar-refractivity contribution >= 4 is 41.3 Å². The molecule has 0 spiro atoms. The molecule has 0 saturated carbocycles. The number of halogens is 1. The molecule has 6 nitrogen and oxygen atoms in total. The Hall–Kier alpha value is -0.450. The van der Waals surface area contributed by atoms with E-state index in [4.69, 9.17) is 14.5 Å². The van der Waals surface area contributed by atoms with Gasteiger partial charge in [0.25, 0.3) is 0 Å². The van der Waals surface area contributed by atoms with Crippen molar-refractivity contribution in [2.75, 3.05) is 46.6 Å². The van der Waals surface area contributed by atoms with Gasteiger partial charge in [-0.3, -0.25) is 4.99 Å². The van der Waals surface area contributed by atoms with Crippen LogP contribution < -0.4 is 10.6 Å². The summed E-state index contributed by atoms with van der Waals surface area (Å²) in [5.74, 6) is 0.854. The standard InChI is InChI=1S/C18H34N4O2S.HI/c1-6-19-17(20-9-7-11-24-13-12-23-5)21-10-8-16-22-15(14-25-16)18(2,3)4;/h14H,6-13H2,1-5H3,(H2,19,20,21);1H. The van der Waals surface area contributed by atoms with Crippen molar-refractivity contribution in [1.29, 1.82) is 0 Å². The number of methoxy groups -OCH3 is 1. The molecule has 0 aliphatic carbocycles. The van der Waals surface area contributed by atoms with Crippen molar-refractivity contribution in [1.82, 2.24) is 15.6 Å². The maximum atomic E-state index is 5.44. The molecule has 0 aliphatic rings. The molecule has 1 rings (SSSR count). The van der Waals surface area contributed by atoms with Crippen LogP contribution in [0.5, 0.6) is 0 Å². The molecule has 8 heteroatoms. The Kier molecular flexibility index (Phi) is 14.3. The zero-order valence-electron chi connectivity index (χ0n) is 16.8. The Labute approximate surface area is 179 Å². The second-order valence-electron chi connectivity index (χ2n) is 6.77. The molecule has 0 saturated heterocycles. The highest BCUT2D eigenvalue weighted by Gasteiger charge is 2.17. The Bertz CT molecular complexity index is 504. The lowest BCUT2D eigenvalue weighted by molar-refractivity contribution is 0.0702. The van der Waals surface area contributed by atoms with Gasteiger partial charge in [0.05, 0.1) is 23.9 Å². The van der Waals surface area contributed by atoms with Crippen LogP contribution in [0.1, 0.15) is 44.8 Å². The second kappa shape index (κ2) is 14.6. The van der Waals surface area contributed by atoms with Gasteiger partial charge in [-0.25, -0.2) is 4.98 Å². The third kappa shape index (κ3) is 11.3. The number of aliphatic imine (C=N–C) groups is 1. The topological polar surface area (TPSA) is 67.8 Å². The molecule has 0 bridgehead atoms. The van der Waals surface area contributed by atoms with Crippen LogP contribution in [0.25, 0.3) is 0 Å². The number of thiazole rings is 1. The van der Waals surface area contributed by atoms with Gasteiger partial charge < -0.3 is 20.1 Å². The van der Waals surface area contributed by atoms with Crippen LogP contribution in [-0.4, -0.2) is 57.5 Å². The lowest BCUT2D eigenvalue weighted by atomic mass is 9.93. The summed E-state index contributed by atoms with van der Waals surface area (Å²) in [5.41, 5.74) is 1.28. The molecule has 1 aromatic heterocycles. The van der Waals surface area contributed by atoms with Crippen LogP contribution in [0.2, 0.25) is 0 Å². The summed E-state index contributed by atoms with van der Waals surface area (Å²) < 4.78 is 10.4. The predicted molar refractivity (Wildman–Crippen MR) is 121 cm³/mol. The number of guanidine groups is 1. The molecule has 1 aromatic rings. The summed E-state index contributed by atoms with van der Waals surface area (Å²) in [7, 11) is 1.68. The lowest BCUT2D eigenvalue weighted by Gasteiger charge is -2.14. The normalized spacial score (nSPS) is 12.0. The van der Waals surface area contributed by atoms with E-state index in [1.54, 1.807) is 18.4 Å². The molecule has 0 fully saturated rings. The number of nitrogens with zero attached hydrogens (tertiary/aromatic N) is 2. The fourth-order valence-electron chi connectivity index (χ4n) is 2.00. The largest absolute Gasteiger partial charge is 0.382 e. The van der Waals surface area contributed by atoms with Gasteiger partial charge in [-0.1, -0.05) is 20.8 Å². The van der Waals surface area contributed by atoms with Crippen LogP contribution in [0.4, 0.5) is 0 Å². The average molecular weight is 498 g/mol. The molecule has 2 N–H and O–H groups in total. The van der Waals surface area contributed by atoms with Gasteiger partial charge in [0.15, 0.2) is 5.96 Å². The van der Waals surface area contributed by atoms with Gasteiger partial charge in [0.2, 0.25) is 0 Å². The van der Waals surface area contributed by atoms with E-state index in [2.05, 4.69) is 48.7 Å². The minimum Gasteiger partial charge on any atom is -0.382 e. The maximum absolute atomic E-state index is 5.44. The number of ether oxygens (including phenoxy) is 2. The van der Waals surface area contributed by atoms with Gasteiger partial charge in [0, 0.05) is 50.6 Å². The fraction of sp³-hybridized carbons (Fsp3) is 0.778. The fourth-order valence-corrected chi connectivity index (χ4v) is 3.03. The lowest BCUT2D eigenvalue weighted by Crippen LogP contribution is -2.38. The summed E-state index contributed by atoms with van der Waals surface area (Å²) in [5, 5.41) is 9.98. The van der Waals surface area contributed by atoms with E-state index in [1.165, 1.54) is 10.7 Å². The SMILES string of the molecule is CCNC(=NCCCOCCOC)NCCc1nc(C(C)(C)C)cs1.I. The first-order chi connectivity index (χ1) is 12.0. The van der Waals surface area contributed by atoms with Gasteiger partial charge in [-0.2, -0.15) is 0 Å². The number of hydrogen-bond donors (Lipinski definition) is 2. The summed E-state index contributed by atoms with van der Waals surface area (Å²) >= 11 is 1.73. The molecule has 0 radical (unpaired) electrons. The molecule has 0 aromatic carbocycles. The third-order valence-corrected chi connectivity index (χ3v) is 4.35. The van der Waals surface area contributed by atoms with Crippen molar-refractivity contribution in [3.8, 4) is 0 Å². The molecule has 0 amide bonds. The summed E-state index contributed by atoms with van der Waals surface area (Å²) in [6.07, 6.45) is 1.81. The zero-order chi connectivity index (χ0) is 18.5. The third-order valence-electron chi connectivity index (χ3n) is 3.44. The summed E-state index contributed by atoms with van der Waals surface area (Å²) in [6.45, 7) is 13.1. The van der Waals surface area contributed by atoms with Crippen LogP contribution in [0.15, 0.2) is 10.4 Å². The first-order valence-electron chi connectivity index (χ1n) is 9.01. The quantitative estimate of drug-likeness (QED) is 0.212. The van der Waals surface area contributed by atoms with E-state index in [0.29, 0.717) is 19.8 Å². The van der Waals surface area contributed by atoms with E-state index in [9.17, 15) is 0 Å². The molecule has 26 heavy (non-hydrogen) atoms. The van der Waals surface area contributed by atoms with Crippen LogP contribution in [-0.2, 0) is 21.3 Å². The minimum absolute atomic E-state index is 0. The second-order valence-corrected chi connectivity index (χ2v) is 7.72. The van der Waals surface area contributed by atoms with Crippen LogP contribution in [0.3, 0.4) is 0 Å². The molecule has 0 aliphatic heterocycles. The maximum Gasteiger partial charge on any atom is 0.191 e. The Morgan fingerprint density at radius 3 is 2.62 bits per heavy atom. The van der Waals surface area contributed by atoms with Crippen molar-refractivity contribution in [3.63, 3.8) is 0 Å². The molecular weight excluding hydrogens is 463 g/mol. The summed E-state index contributed by atoms with van der Waals surface area (Å²) in [4.78, 5) is 9.30. The molecular formula is C18H35IN4O2S. The van der Waals surface area contributed by atoms with Gasteiger partial charge >= 0.3 is 0 Å².